The number of hydrogen-bond acceptors (Lipinski definition) is 4. The smallest absolute Gasteiger partial charge is 0.213 e. The molecule has 1 aromatic heterocycles. The molecule has 6 nitrogen and oxygen atoms in total. The minimum absolute atomic E-state index is 0. The number of likely N-dealkylation sites (tertiary alicyclic amines) is 1. The molecule has 1 aliphatic rings. The molecule has 2 N–H and O–H groups in total. The highest BCUT2D eigenvalue weighted by atomic mass is 127. The van der Waals surface area contributed by atoms with E-state index in [4.69, 9.17) is 16.3 Å². The van der Waals surface area contributed by atoms with Gasteiger partial charge in [0.25, 0.3) is 0 Å². The minimum atomic E-state index is 0. The van der Waals surface area contributed by atoms with E-state index in [-0.39, 0.29) is 24.0 Å². The summed E-state index contributed by atoms with van der Waals surface area (Å²) in [7, 11) is 5.61. The Bertz CT molecular complexity index is 835. The number of pyridine rings is 1. The van der Waals surface area contributed by atoms with Crippen molar-refractivity contribution in [2.24, 2.45) is 10.9 Å². The monoisotopic (exact) mass is 543 g/mol. The molecule has 0 spiro atoms. The second-order valence-electron chi connectivity index (χ2n) is 7.40. The van der Waals surface area contributed by atoms with Gasteiger partial charge in [0.15, 0.2) is 5.96 Å². The number of methoxy groups -OCH3 is 1. The number of aliphatic imine (C=N–C) groups is 1. The molecule has 164 valence electrons. The lowest BCUT2D eigenvalue weighted by Gasteiger charge is -2.40. The highest BCUT2D eigenvalue weighted by molar-refractivity contribution is 14.0. The van der Waals surface area contributed by atoms with Crippen LogP contribution >= 0.6 is 35.6 Å². The predicted molar refractivity (Wildman–Crippen MR) is 134 cm³/mol. The summed E-state index contributed by atoms with van der Waals surface area (Å²) in [5.74, 6) is 1.88. The first-order valence-electron chi connectivity index (χ1n) is 10.00. The molecular weight excluding hydrogens is 513 g/mol. The third kappa shape index (κ3) is 6.72. The minimum Gasteiger partial charge on any atom is -0.481 e. The van der Waals surface area contributed by atoms with Crippen molar-refractivity contribution >= 4 is 41.5 Å². The van der Waals surface area contributed by atoms with E-state index >= 15 is 0 Å². The standard InChI is InChI=1S/C22H30ClN5O.HI/c1-24-22(26-14-16-9-10-25-20(12-16)29-3)27-15-18-7-5-11-28(2)21(18)17-6-4-8-19(23)13-17;/h4,6,8-10,12-13,18,21H,5,7,11,14-15H2,1-3H3,(H2,24,26,27);1H. The van der Waals surface area contributed by atoms with Crippen molar-refractivity contribution in [3.8, 4) is 5.88 Å². The summed E-state index contributed by atoms with van der Waals surface area (Å²) in [6.45, 7) is 2.60. The summed E-state index contributed by atoms with van der Waals surface area (Å²) >= 11 is 6.25. The van der Waals surface area contributed by atoms with Crippen LogP contribution in [-0.2, 0) is 6.54 Å². The zero-order valence-corrected chi connectivity index (χ0v) is 20.9. The molecule has 2 aromatic rings. The van der Waals surface area contributed by atoms with Crippen LogP contribution in [-0.4, -0.2) is 50.1 Å². The molecule has 2 unspecified atom stereocenters. The summed E-state index contributed by atoms with van der Waals surface area (Å²) < 4.78 is 5.19. The van der Waals surface area contributed by atoms with Gasteiger partial charge in [-0.15, -0.1) is 24.0 Å². The molecule has 0 bridgehead atoms. The van der Waals surface area contributed by atoms with Crippen LogP contribution in [0.4, 0.5) is 0 Å². The van der Waals surface area contributed by atoms with Gasteiger partial charge in [0.2, 0.25) is 5.88 Å². The molecule has 30 heavy (non-hydrogen) atoms. The van der Waals surface area contributed by atoms with E-state index in [9.17, 15) is 0 Å². The Morgan fingerprint density at radius 1 is 1.30 bits per heavy atom. The summed E-state index contributed by atoms with van der Waals surface area (Å²) in [6.07, 6.45) is 4.12. The van der Waals surface area contributed by atoms with Gasteiger partial charge in [0, 0.05) is 43.5 Å². The maximum atomic E-state index is 6.25. The third-order valence-corrected chi connectivity index (χ3v) is 5.66. The summed E-state index contributed by atoms with van der Waals surface area (Å²) in [5, 5.41) is 7.67. The second kappa shape index (κ2) is 12.3. The number of aromatic nitrogens is 1. The third-order valence-electron chi connectivity index (χ3n) is 5.42. The molecule has 1 fully saturated rings. The van der Waals surface area contributed by atoms with Crippen LogP contribution in [0.5, 0.6) is 5.88 Å². The summed E-state index contributed by atoms with van der Waals surface area (Å²) in [5.41, 5.74) is 2.37. The fraction of sp³-hybridized carbons (Fsp3) is 0.455. The Balaban J connectivity index is 0.00000320. The first kappa shape index (κ1) is 24.7. The lowest BCUT2D eigenvalue weighted by molar-refractivity contribution is 0.122. The lowest BCUT2D eigenvalue weighted by Crippen LogP contribution is -2.44. The van der Waals surface area contributed by atoms with Crippen molar-refractivity contribution in [1.82, 2.24) is 20.5 Å². The number of guanidine groups is 1. The number of hydrogen-bond donors (Lipinski definition) is 2. The molecule has 3 rings (SSSR count). The number of piperidine rings is 1. The van der Waals surface area contributed by atoms with Crippen LogP contribution in [0.2, 0.25) is 5.02 Å². The van der Waals surface area contributed by atoms with Crippen LogP contribution in [0.15, 0.2) is 47.6 Å². The average Bonchev–Trinajstić information content (AvgIpc) is 2.74. The largest absolute Gasteiger partial charge is 0.481 e. The molecule has 0 saturated carbocycles. The lowest BCUT2D eigenvalue weighted by atomic mass is 9.85. The fourth-order valence-corrected chi connectivity index (χ4v) is 4.20. The molecular formula is C22H31ClIN5O. The Morgan fingerprint density at radius 2 is 2.13 bits per heavy atom. The quantitative estimate of drug-likeness (QED) is 0.326. The number of halogens is 2. The average molecular weight is 544 g/mol. The molecule has 0 amide bonds. The molecule has 2 atom stereocenters. The molecule has 0 radical (unpaired) electrons. The Morgan fingerprint density at radius 3 is 2.87 bits per heavy atom. The van der Waals surface area contributed by atoms with Gasteiger partial charge >= 0.3 is 0 Å². The van der Waals surface area contributed by atoms with E-state index in [1.54, 1.807) is 20.4 Å². The first-order chi connectivity index (χ1) is 14.1. The number of benzene rings is 1. The zero-order chi connectivity index (χ0) is 20.6. The van der Waals surface area contributed by atoms with Gasteiger partial charge in [-0.05, 0) is 61.7 Å². The van der Waals surface area contributed by atoms with Gasteiger partial charge < -0.3 is 15.4 Å². The van der Waals surface area contributed by atoms with Crippen LogP contribution in [0, 0.1) is 5.92 Å². The Labute approximate surface area is 201 Å². The Hall–Kier alpha value is -1.58. The Kier molecular flexibility index (Phi) is 10.1. The molecule has 2 heterocycles. The normalized spacial score (nSPS) is 19.7. The predicted octanol–water partition coefficient (Wildman–Crippen LogP) is 4.11. The van der Waals surface area contributed by atoms with E-state index in [1.165, 1.54) is 18.4 Å². The van der Waals surface area contributed by atoms with Crippen molar-refractivity contribution in [1.29, 1.82) is 0 Å². The molecule has 8 heteroatoms. The first-order valence-corrected chi connectivity index (χ1v) is 10.4. The maximum absolute atomic E-state index is 6.25. The highest BCUT2D eigenvalue weighted by Gasteiger charge is 2.30. The molecule has 0 aliphatic carbocycles. The van der Waals surface area contributed by atoms with Crippen molar-refractivity contribution in [2.45, 2.75) is 25.4 Å². The fourth-order valence-electron chi connectivity index (χ4n) is 4.00. The summed E-state index contributed by atoms with van der Waals surface area (Å²) in [6, 6.07) is 12.5. The molecule has 1 aliphatic heterocycles. The van der Waals surface area contributed by atoms with Gasteiger partial charge in [0.05, 0.1) is 7.11 Å². The number of rotatable bonds is 6. The van der Waals surface area contributed by atoms with E-state index in [2.05, 4.69) is 44.7 Å². The van der Waals surface area contributed by atoms with Crippen molar-refractivity contribution in [3.05, 3.63) is 58.7 Å². The molecule has 1 aromatic carbocycles. The topological polar surface area (TPSA) is 61.8 Å². The van der Waals surface area contributed by atoms with Gasteiger partial charge in [-0.2, -0.15) is 0 Å². The van der Waals surface area contributed by atoms with Crippen molar-refractivity contribution in [3.63, 3.8) is 0 Å². The highest BCUT2D eigenvalue weighted by Crippen LogP contribution is 2.35. The zero-order valence-electron chi connectivity index (χ0n) is 17.8. The van der Waals surface area contributed by atoms with Crippen LogP contribution in [0.3, 0.4) is 0 Å². The SMILES string of the molecule is CN=C(NCc1ccnc(OC)c1)NCC1CCCN(C)C1c1cccc(Cl)c1.I. The van der Waals surface area contributed by atoms with Crippen LogP contribution in [0.1, 0.15) is 30.0 Å². The number of nitrogens with one attached hydrogen (secondary N) is 2. The summed E-state index contributed by atoms with van der Waals surface area (Å²) in [4.78, 5) is 10.9. The van der Waals surface area contributed by atoms with E-state index in [0.717, 1.165) is 29.6 Å². The number of nitrogens with zero attached hydrogens (tertiary/aromatic N) is 3. The van der Waals surface area contributed by atoms with Crippen molar-refractivity contribution in [2.75, 3.05) is 34.3 Å². The van der Waals surface area contributed by atoms with E-state index in [0.29, 0.717) is 24.4 Å². The second-order valence-corrected chi connectivity index (χ2v) is 7.83. The van der Waals surface area contributed by atoms with E-state index in [1.807, 2.05) is 24.3 Å². The van der Waals surface area contributed by atoms with Crippen molar-refractivity contribution < 1.29 is 4.74 Å². The van der Waals surface area contributed by atoms with Gasteiger partial charge in [-0.3, -0.25) is 9.89 Å². The molecule has 1 saturated heterocycles. The maximum Gasteiger partial charge on any atom is 0.213 e. The van der Waals surface area contributed by atoms with Gasteiger partial charge in [-0.25, -0.2) is 4.98 Å². The van der Waals surface area contributed by atoms with Gasteiger partial charge in [0.1, 0.15) is 0 Å². The van der Waals surface area contributed by atoms with Gasteiger partial charge in [-0.1, -0.05) is 23.7 Å². The van der Waals surface area contributed by atoms with E-state index < -0.39 is 0 Å². The number of ether oxygens (including phenoxy) is 1. The van der Waals surface area contributed by atoms with Crippen LogP contribution < -0.4 is 15.4 Å². The van der Waals surface area contributed by atoms with Crippen LogP contribution in [0.25, 0.3) is 0 Å².